The van der Waals surface area contributed by atoms with Crippen molar-refractivity contribution < 1.29 is 4.79 Å². The average Bonchev–Trinajstić information content (AvgIpc) is 2.84. The van der Waals surface area contributed by atoms with Gasteiger partial charge in [-0.25, -0.2) is 4.98 Å². The molecule has 0 aromatic carbocycles. The molecular formula is C21H32N4O. The Morgan fingerprint density at radius 3 is 2.46 bits per heavy atom. The van der Waals surface area contributed by atoms with Gasteiger partial charge in [-0.2, -0.15) is 0 Å². The van der Waals surface area contributed by atoms with Crippen LogP contribution >= 0.6 is 0 Å². The van der Waals surface area contributed by atoms with Gasteiger partial charge in [0.1, 0.15) is 5.82 Å². The summed E-state index contributed by atoms with van der Waals surface area (Å²) in [5.74, 6) is 1.21. The maximum Gasteiger partial charge on any atom is 0.246 e. The lowest BCUT2D eigenvalue weighted by atomic mass is 9.92. The molecule has 2 aliphatic heterocycles. The second kappa shape index (κ2) is 7.39. The third-order valence-corrected chi connectivity index (χ3v) is 5.29. The molecule has 3 heterocycles. The molecule has 2 atom stereocenters. The third-order valence-electron chi connectivity index (χ3n) is 5.29. The van der Waals surface area contributed by atoms with Gasteiger partial charge in [-0.05, 0) is 39.1 Å². The molecule has 3 rings (SSSR count). The topological polar surface area (TPSA) is 39.7 Å². The van der Waals surface area contributed by atoms with Crippen LogP contribution in [0.15, 0.2) is 30.4 Å². The number of aromatic nitrogens is 1. The van der Waals surface area contributed by atoms with Crippen molar-refractivity contribution in [1.82, 2.24) is 14.8 Å². The predicted octanol–water partition coefficient (Wildman–Crippen LogP) is 2.68. The molecule has 2 aliphatic rings. The lowest BCUT2D eigenvalue weighted by Gasteiger charge is -2.41. The van der Waals surface area contributed by atoms with E-state index in [1.165, 1.54) is 0 Å². The van der Waals surface area contributed by atoms with E-state index in [1.807, 2.05) is 20.2 Å². The van der Waals surface area contributed by atoms with Gasteiger partial charge < -0.3 is 14.7 Å². The Bertz CT molecular complexity index is 663. The van der Waals surface area contributed by atoms with Crippen molar-refractivity contribution in [2.75, 3.05) is 38.6 Å². The van der Waals surface area contributed by atoms with Crippen LogP contribution in [0.1, 0.15) is 39.3 Å². The number of fused-ring (bicyclic) bond motifs is 2. The van der Waals surface area contributed by atoms with E-state index in [4.69, 9.17) is 4.98 Å². The second-order valence-electron chi connectivity index (χ2n) is 8.83. The molecule has 5 nitrogen and oxygen atoms in total. The average molecular weight is 357 g/mol. The van der Waals surface area contributed by atoms with Crippen molar-refractivity contribution in [3.63, 3.8) is 0 Å². The summed E-state index contributed by atoms with van der Waals surface area (Å²) in [5.41, 5.74) is 1.16. The Labute approximate surface area is 157 Å². The van der Waals surface area contributed by atoms with Gasteiger partial charge in [0.25, 0.3) is 0 Å². The van der Waals surface area contributed by atoms with Gasteiger partial charge in [0.2, 0.25) is 5.91 Å². The molecule has 1 aromatic heterocycles. The van der Waals surface area contributed by atoms with E-state index in [1.54, 1.807) is 6.08 Å². The van der Waals surface area contributed by atoms with Crippen LogP contribution in [0.25, 0.3) is 0 Å². The molecule has 2 fully saturated rings. The molecule has 0 spiro atoms. The van der Waals surface area contributed by atoms with E-state index in [2.05, 4.69) is 53.7 Å². The minimum absolute atomic E-state index is 0.0456. The minimum atomic E-state index is 0.0456. The van der Waals surface area contributed by atoms with Crippen LogP contribution in [-0.4, -0.2) is 66.5 Å². The summed E-state index contributed by atoms with van der Waals surface area (Å²) in [4.78, 5) is 24.1. The second-order valence-corrected chi connectivity index (χ2v) is 8.83. The first-order valence-electron chi connectivity index (χ1n) is 9.62. The molecule has 1 amide bonds. The Morgan fingerprint density at radius 2 is 1.88 bits per heavy atom. The number of carbonyl (C=O) groups is 1. The van der Waals surface area contributed by atoms with Gasteiger partial charge in [-0.1, -0.05) is 32.9 Å². The summed E-state index contributed by atoms with van der Waals surface area (Å²) in [6.07, 6.45) is 5.89. The van der Waals surface area contributed by atoms with Crippen molar-refractivity contribution >= 4 is 11.7 Å². The van der Waals surface area contributed by atoms with E-state index >= 15 is 0 Å². The first-order chi connectivity index (χ1) is 12.3. The smallest absolute Gasteiger partial charge is 0.246 e. The number of anilines is 1. The molecule has 2 unspecified atom stereocenters. The maximum atomic E-state index is 12.7. The molecule has 26 heavy (non-hydrogen) atoms. The predicted molar refractivity (Wildman–Crippen MR) is 107 cm³/mol. The van der Waals surface area contributed by atoms with E-state index in [-0.39, 0.29) is 11.3 Å². The highest BCUT2D eigenvalue weighted by Crippen LogP contribution is 2.33. The monoisotopic (exact) mass is 356 g/mol. The number of pyridine rings is 1. The molecule has 0 aliphatic carbocycles. The van der Waals surface area contributed by atoms with Crippen LogP contribution in [0.4, 0.5) is 5.82 Å². The van der Waals surface area contributed by atoms with E-state index in [0.717, 1.165) is 44.0 Å². The molecule has 2 bridgehead atoms. The molecule has 5 heteroatoms. The number of hydrogen-bond donors (Lipinski definition) is 0. The summed E-state index contributed by atoms with van der Waals surface area (Å²) in [6, 6.07) is 6.90. The first-order valence-corrected chi connectivity index (χ1v) is 9.62. The SMILES string of the molecule is CN(C)C/C=C/C(=O)N1C2CCC1CN(c1cccc(C(C)(C)C)n1)C2. The van der Waals surface area contributed by atoms with Crippen LogP contribution in [-0.2, 0) is 10.2 Å². The third kappa shape index (κ3) is 4.09. The van der Waals surface area contributed by atoms with Gasteiger partial charge in [0.15, 0.2) is 0 Å². The van der Waals surface area contributed by atoms with E-state index in [9.17, 15) is 4.79 Å². The first kappa shape index (κ1) is 18.9. The van der Waals surface area contributed by atoms with Gasteiger partial charge in [0.05, 0.1) is 0 Å². The normalized spacial score (nSPS) is 23.3. The van der Waals surface area contributed by atoms with Crippen molar-refractivity contribution in [1.29, 1.82) is 0 Å². The summed E-state index contributed by atoms with van der Waals surface area (Å²) >= 11 is 0. The summed E-state index contributed by atoms with van der Waals surface area (Å²) in [7, 11) is 4.02. The van der Waals surface area contributed by atoms with Crippen LogP contribution in [0, 0.1) is 0 Å². The number of nitrogens with zero attached hydrogens (tertiary/aromatic N) is 4. The van der Waals surface area contributed by atoms with Gasteiger partial charge >= 0.3 is 0 Å². The molecule has 0 N–H and O–H groups in total. The molecule has 2 saturated heterocycles. The molecular weight excluding hydrogens is 324 g/mol. The fourth-order valence-electron chi connectivity index (χ4n) is 3.92. The molecule has 0 radical (unpaired) electrons. The van der Waals surface area contributed by atoms with Crippen molar-refractivity contribution in [2.45, 2.75) is 51.1 Å². The summed E-state index contributed by atoms with van der Waals surface area (Å²) < 4.78 is 0. The van der Waals surface area contributed by atoms with Gasteiger partial charge in [-0.3, -0.25) is 4.79 Å². The number of rotatable bonds is 4. The zero-order chi connectivity index (χ0) is 18.9. The van der Waals surface area contributed by atoms with E-state index in [0.29, 0.717) is 12.1 Å². The zero-order valence-corrected chi connectivity index (χ0v) is 16.8. The highest BCUT2D eigenvalue weighted by atomic mass is 16.2. The maximum absolute atomic E-state index is 12.7. The highest BCUT2D eigenvalue weighted by Gasteiger charge is 2.42. The van der Waals surface area contributed by atoms with Crippen molar-refractivity contribution in [3.05, 3.63) is 36.0 Å². The minimum Gasteiger partial charge on any atom is -0.352 e. The Hall–Kier alpha value is -1.88. The van der Waals surface area contributed by atoms with E-state index < -0.39 is 0 Å². The van der Waals surface area contributed by atoms with Crippen LogP contribution in [0.2, 0.25) is 0 Å². The lowest BCUT2D eigenvalue weighted by molar-refractivity contribution is -0.129. The molecule has 0 saturated carbocycles. The Balaban J connectivity index is 1.71. The van der Waals surface area contributed by atoms with Crippen molar-refractivity contribution in [2.24, 2.45) is 0 Å². The Morgan fingerprint density at radius 1 is 1.23 bits per heavy atom. The quantitative estimate of drug-likeness (QED) is 0.778. The fourth-order valence-corrected chi connectivity index (χ4v) is 3.92. The number of piperazine rings is 1. The van der Waals surface area contributed by atoms with Crippen LogP contribution in [0.3, 0.4) is 0 Å². The number of amides is 1. The molecule has 142 valence electrons. The lowest BCUT2D eigenvalue weighted by Crippen LogP contribution is -2.55. The number of carbonyl (C=O) groups excluding carboxylic acids is 1. The summed E-state index contributed by atoms with van der Waals surface area (Å²) in [6.45, 7) is 9.14. The number of likely N-dealkylation sites (N-methyl/N-ethyl adjacent to an activating group) is 1. The summed E-state index contributed by atoms with van der Waals surface area (Å²) in [5, 5.41) is 0. The highest BCUT2D eigenvalue weighted by molar-refractivity contribution is 5.88. The largest absolute Gasteiger partial charge is 0.352 e. The standard InChI is InChI=1S/C21H32N4O/c1-21(2,3)18-8-6-9-19(22-18)24-14-16-11-12-17(15-24)25(16)20(26)10-7-13-23(4)5/h6-10,16-17H,11-15H2,1-5H3/b10-7+. The zero-order valence-electron chi connectivity index (χ0n) is 16.8. The van der Waals surface area contributed by atoms with Crippen molar-refractivity contribution in [3.8, 4) is 0 Å². The van der Waals surface area contributed by atoms with Gasteiger partial charge in [-0.15, -0.1) is 0 Å². The van der Waals surface area contributed by atoms with Crippen LogP contribution < -0.4 is 4.90 Å². The van der Waals surface area contributed by atoms with Crippen LogP contribution in [0.5, 0.6) is 0 Å². The fraction of sp³-hybridized carbons (Fsp3) is 0.619. The molecule has 1 aromatic rings. The Kier molecular flexibility index (Phi) is 5.37. The number of hydrogen-bond acceptors (Lipinski definition) is 4. The van der Waals surface area contributed by atoms with Gasteiger partial charge in [0, 0.05) is 48.9 Å².